The molecule has 0 fully saturated rings. The van der Waals surface area contributed by atoms with E-state index in [0.717, 1.165) is 13.0 Å². The monoisotopic (exact) mass is 803 g/mol. The first-order valence-corrected chi connectivity index (χ1v) is 20.9. The van der Waals surface area contributed by atoms with E-state index in [4.69, 9.17) is 56.8 Å². The van der Waals surface area contributed by atoms with Crippen molar-refractivity contribution >= 4 is 11.8 Å². The van der Waals surface area contributed by atoms with Gasteiger partial charge >= 0.3 is 5.97 Å². The maximum absolute atomic E-state index is 11.9. The van der Waals surface area contributed by atoms with E-state index >= 15 is 0 Å². The Morgan fingerprint density at radius 3 is 0.929 bits per heavy atom. The van der Waals surface area contributed by atoms with Gasteiger partial charge in [-0.2, -0.15) is 0 Å². The average Bonchev–Trinajstić information content (AvgIpc) is 3.22. The van der Waals surface area contributed by atoms with Crippen molar-refractivity contribution in [2.24, 2.45) is 0 Å². The van der Waals surface area contributed by atoms with Crippen molar-refractivity contribution in [1.29, 1.82) is 0 Å². The highest BCUT2D eigenvalue weighted by Crippen LogP contribution is 2.10. The van der Waals surface area contributed by atoms with E-state index in [2.05, 4.69) is 6.92 Å². The van der Waals surface area contributed by atoms with Crippen LogP contribution in [0.5, 0.6) is 0 Å². The molecule has 14 heteroatoms. The van der Waals surface area contributed by atoms with Crippen molar-refractivity contribution in [2.45, 2.75) is 71.1 Å². The third-order valence-corrected chi connectivity index (χ3v) is 8.04. The van der Waals surface area contributed by atoms with E-state index < -0.39 is 11.8 Å². The summed E-state index contributed by atoms with van der Waals surface area (Å²) in [6.07, 6.45) is 13.4. The van der Waals surface area contributed by atoms with Gasteiger partial charge in [0.15, 0.2) is 0 Å². The van der Waals surface area contributed by atoms with Gasteiger partial charge in [0, 0.05) is 12.2 Å². The summed E-state index contributed by atoms with van der Waals surface area (Å²) in [5, 5.41) is 0. The quantitative estimate of drug-likeness (QED) is 0.0353. The van der Waals surface area contributed by atoms with Crippen LogP contribution in [0.3, 0.4) is 0 Å². The predicted octanol–water partition coefficient (Wildman–Crippen LogP) is 5.52. The van der Waals surface area contributed by atoms with Crippen LogP contribution in [0, 0.1) is 0 Å². The van der Waals surface area contributed by atoms with E-state index in [1.54, 1.807) is 30.3 Å². The fourth-order valence-electron chi connectivity index (χ4n) is 4.96. The van der Waals surface area contributed by atoms with Crippen molar-refractivity contribution in [2.75, 3.05) is 152 Å². The first-order valence-electron chi connectivity index (χ1n) is 20.9. The lowest BCUT2D eigenvalue weighted by Crippen LogP contribution is -2.20. The van der Waals surface area contributed by atoms with Crippen molar-refractivity contribution < 1.29 is 66.4 Å². The number of ketones is 1. The Hall–Kier alpha value is -2.08. The van der Waals surface area contributed by atoms with Gasteiger partial charge in [0.05, 0.1) is 139 Å². The van der Waals surface area contributed by atoms with Crippen LogP contribution in [0.4, 0.5) is 0 Å². The van der Waals surface area contributed by atoms with Crippen LogP contribution in [-0.2, 0) is 61.6 Å². The normalized spacial score (nSPS) is 11.4. The third-order valence-electron chi connectivity index (χ3n) is 8.04. The number of hydrogen-bond donors (Lipinski definition) is 0. The Morgan fingerprint density at radius 1 is 0.339 bits per heavy atom. The molecule has 0 saturated heterocycles. The molecular formula is C42H74O14. The van der Waals surface area contributed by atoms with Crippen molar-refractivity contribution in [1.82, 2.24) is 0 Å². The highest BCUT2D eigenvalue weighted by Gasteiger charge is 2.17. The van der Waals surface area contributed by atoms with Crippen LogP contribution in [0.1, 0.15) is 81.5 Å². The van der Waals surface area contributed by atoms with Crippen LogP contribution in [0.15, 0.2) is 30.3 Å². The van der Waals surface area contributed by atoms with E-state index in [-0.39, 0.29) is 13.2 Å². The number of ether oxygens (including phenoxy) is 12. The first kappa shape index (κ1) is 51.9. The number of hydrogen-bond acceptors (Lipinski definition) is 14. The molecular weight excluding hydrogens is 728 g/mol. The van der Waals surface area contributed by atoms with E-state index in [1.165, 1.54) is 57.8 Å². The molecule has 1 aromatic carbocycles. The third kappa shape index (κ3) is 37.5. The molecule has 56 heavy (non-hydrogen) atoms. The van der Waals surface area contributed by atoms with E-state index in [9.17, 15) is 9.59 Å². The van der Waals surface area contributed by atoms with Gasteiger partial charge in [0.2, 0.25) is 0 Å². The van der Waals surface area contributed by atoms with Gasteiger partial charge in [-0.3, -0.25) is 4.79 Å². The van der Waals surface area contributed by atoms with Crippen molar-refractivity contribution in [3.8, 4) is 0 Å². The number of carbonyl (C=O) groups excluding carboxylic acids is 2. The fraction of sp³-hybridized carbons (Fsp3) is 0.810. The number of rotatable bonds is 46. The molecule has 1 rings (SSSR count). The van der Waals surface area contributed by atoms with Crippen molar-refractivity contribution in [3.05, 3.63) is 35.9 Å². The summed E-state index contributed by atoms with van der Waals surface area (Å²) in [4.78, 5) is 23.7. The van der Waals surface area contributed by atoms with Gasteiger partial charge in [-0.05, 0) is 6.42 Å². The Balaban J connectivity index is 1.63. The first-order chi connectivity index (χ1) is 27.8. The lowest BCUT2D eigenvalue weighted by molar-refractivity contribution is -0.139. The molecule has 14 nitrogen and oxygen atoms in total. The molecule has 326 valence electrons. The lowest BCUT2D eigenvalue weighted by atomic mass is 10.1. The largest absolute Gasteiger partial charge is 0.457 e. The molecule has 0 saturated carbocycles. The molecule has 0 bridgehead atoms. The molecule has 0 aliphatic heterocycles. The minimum atomic E-state index is -0.896. The summed E-state index contributed by atoms with van der Waals surface area (Å²) < 4.78 is 65.4. The Kier molecular flexibility index (Phi) is 40.8. The summed E-state index contributed by atoms with van der Waals surface area (Å²) in [5.41, 5.74) is 0.297. The summed E-state index contributed by atoms with van der Waals surface area (Å²) in [6, 6.07) is 8.27. The second kappa shape index (κ2) is 44.0. The van der Waals surface area contributed by atoms with Crippen LogP contribution < -0.4 is 0 Å². The van der Waals surface area contributed by atoms with Gasteiger partial charge < -0.3 is 56.8 Å². The van der Waals surface area contributed by atoms with Crippen LogP contribution in [0.25, 0.3) is 0 Å². The Labute approximate surface area is 336 Å². The van der Waals surface area contributed by atoms with E-state index in [1.807, 2.05) is 0 Å². The highest BCUT2D eigenvalue weighted by molar-refractivity contribution is 6.40. The zero-order valence-corrected chi connectivity index (χ0v) is 34.4. The molecule has 0 atom stereocenters. The zero-order chi connectivity index (χ0) is 40.1. The summed E-state index contributed by atoms with van der Waals surface area (Å²) in [6.45, 7) is 13.1. The number of Topliss-reactive ketones (excluding diaryl/α,β-unsaturated/α-hetero) is 1. The standard InChI is InChI=1S/C42H74O14/c1-2-3-4-5-6-7-8-9-10-14-17-45-18-19-46-20-21-47-22-23-48-24-25-49-26-27-50-28-29-51-30-31-52-32-33-53-34-35-54-36-37-55-38-39-56-42(44)41(43)40-15-12-11-13-16-40/h11-13,15-16H,2-10,14,17-39H2,1H3. The summed E-state index contributed by atoms with van der Waals surface area (Å²) >= 11 is 0. The number of unbranched alkanes of at least 4 members (excludes halogenated alkanes) is 9. The minimum absolute atomic E-state index is 0.00183. The van der Waals surface area contributed by atoms with Crippen LogP contribution in [0.2, 0.25) is 0 Å². The van der Waals surface area contributed by atoms with E-state index in [0.29, 0.717) is 138 Å². The average molecular weight is 803 g/mol. The SMILES string of the molecule is CCCCCCCCCCCCOCCOCCOCCOCCOCCOCCOCCOCCOCCOCCOCCOC(=O)C(=O)c1ccccc1. The topological polar surface area (TPSA) is 145 Å². The molecule has 0 unspecified atom stereocenters. The number of esters is 1. The van der Waals surface area contributed by atoms with Crippen molar-refractivity contribution in [3.63, 3.8) is 0 Å². The Morgan fingerprint density at radius 2 is 0.607 bits per heavy atom. The molecule has 0 N–H and O–H groups in total. The molecule has 0 spiro atoms. The molecule has 0 aromatic heterocycles. The molecule has 0 radical (unpaired) electrons. The van der Waals surface area contributed by atoms with Gasteiger partial charge in [-0.25, -0.2) is 4.79 Å². The predicted molar refractivity (Wildman–Crippen MR) is 213 cm³/mol. The van der Waals surface area contributed by atoms with Gasteiger partial charge in [-0.1, -0.05) is 95.0 Å². The lowest BCUT2D eigenvalue weighted by Gasteiger charge is -2.09. The molecule has 0 aliphatic rings. The van der Waals surface area contributed by atoms with Gasteiger partial charge in [0.1, 0.15) is 6.61 Å². The van der Waals surface area contributed by atoms with Gasteiger partial charge in [-0.15, -0.1) is 0 Å². The molecule has 1 aromatic rings. The highest BCUT2D eigenvalue weighted by atomic mass is 16.6. The number of carbonyl (C=O) groups is 2. The second-order valence-electron chi connectivity index (χ2n) is 12.7. The summed E-state index contributed by atoms with van der Waals surface area (Å²) in [7, 11) is 0. The minimum Gasteiger partial charge on any atom is -0.457 e. The Bertz CT molecular complexity index is 955. The maximum atomic E-state index is 11.9. The zero-order valence-electron chi connectivity index (χ0n) is 34.4. The molecule has 0 aliphatic carbocycles. The molecule has 0 heterocycles. The van der Waals surface area contributed by atoms with Crippen LogP contribution >= 0.6 is 0 Å². The number of benzene rings is 1. The maximum Gasteiger partial charge on any atom is 0.379 e. The fourth-order valence-corrected chi connectivity index (χ4v) is 4.96. The molecule has 0 amide bonds. The summed E-state index contributed by atoms with van der Waals surface area (Å²) in [5.74, 6) is -1.57. The smallest absolute Gasteiger partial charge is 0.379 e. The van der Waals surface area contributed by atoms with Crippen LogP contribution in [-0.4, -0.2) is 164 Å². The van der Waals surface area contributed by atoms with Gasteiger partial charge in [0.25, 0.3) is 5.78 Å². The second-order valence-corrected chi connectivity index (χ2v) is 12.7.